The Bertz CT molecular complexity index is 1380. The van der Waals surface area contributed by atoms with Gasteiger partial charge in [-0.05, 0) is 18.2 Å². The van der Waals surface area contributed by atoms with Crippen molar-refractivity contribution >= 4 is 31.3 Å². The van der Waals surface area contributed by atoms with E-state index in [4.69, 9.17) is 28.8 Å². The van der Waals surface area contributed by atoms with E-state index in [2.05, 4.69) is 25.7 Å². The van der Waals surface area contributed by atoms with Crippen LogP contribution in [-0.4, -0.2) is 102 Å². The van der Waals surface area contributed by atoms with E-state index >= 15 is 0 Å². The number of carbonyl (C=O) groups excluding carboxylic acids is 1. The monoisotopic (exact) mass is 588 g/mol. The van der Waals surface area contributed by atoms with Gasteiger partial charge in [0.2, 0.25) is 37.4 Å². The molecule has 0 radical (unpaired) electrons. The first-order chi connectivity index (χ1) is 18.5. The molecule has 0 aliphatic carbocycles. The molecule has 0 fully saturated rings. The number of nitrogens with one attached hydrogen (secondary N) is 1. The largest absolute Gasteiger partial charge is 0.408 e. The van der Waals surface area contributed by atoms with Gasteiger partial charge in [0.15, 0.2) is 0 Å². The van der Waals surface area contributed by atoms with Gasteiger partial charge in [0.25, 0.3) is 0 Å². The molecule has 0 aliphatic rings. The molecule has 214 valence electrons. The van der Waals surface area contributed by atoms with E-state index in [1.165, 1.54) is 18.2 Å². The fourth-order valence-electron chi connectivity index (χ4n) is 2.91. The number of amides is 1. The zero-order valence-electron chi connectivity index (χ0n) is 21.2. The molecule has 39 heavy (non-hydrogen) atoms. The maximum absolute atomic E-state index is 12.5. The Morgan fingerprint density at radius 3 is 1.67 bits per heavy atom. The zero-order chi connectivity index (χ0) is 28.5. The molecule has 0 unspecified atom stereocenters. The van der Waals surface area contributed by atoms with Crippen molar-refractivity contribution < 1.29 is 44.7 Å². The average Bonchev–Trinajstić information content (AvgIpc) is 3.55. The number of rotatable bonds is 16. The summed E-state index contributed by atoms with van der Waals surface area (Å²) in [6, 6.07) is 4.34. The second-order valence-corrected chi connectivity index (χ2v) is 11.8. The Morgan fingerprint density at radius 2 is 1.23 bits per heavy atom. The zero-order valence-corrected chi connectivity index (χ0v) is 22.8. The number of anilines is 1. The van der Waals surface area contributed by atoms with Gasteiger partial charge in [-0.2, -0.15) is 0 Å². The van der Waals surface area contributed by atoms with Crippen LogP contribution in [0.25, 0.3) is 22.9 Å². The van der Waals surface area contributed by atoms with Gasteiger partial charge in [0, 0.05) is 35.9 Å². The van der Waals surface area contributed by atoms with Crippen LogP contribution in [0.15, 0.2) is 37.5 Å². The Kier molecular flexibility index (Phi) is 10.6. The summed E-state index contributed by atoms with van der Waals surface area (Å²) in [6.45, 7) is 2.47. The van der Waals surface area contributed by atoms with Gasteiger partial charge < -0.3 is 34.1 Å². The SMILES string of the molecule is CS(=O)(=O)c1nnc(-c2cc(NC(=O)CCOCCOCCOCCN)cc(-c3nnc(S(C)(=O)=O)o3)c2)o1. The molecule has 1 aromatic carbocycles. The maximum atomic E-state index is 12.5. The van der Waals surface area contributed by atoms with Crippen molar-refractivity contribution in [2.24, 2.45) is 5.73 Å². The number of sulfone groups is 2. The van der Waals surface area contributed by atoms with Crippen molar-refractivity contribution in [1.29, 1.82) is 0 Å². The summed E-state index contributed by atoms with van der Waals surface area (Å²) in [5, 5.41) is 16.0. The van der Waals surface area contributed by atoms with E-state index in [1.807, 2.05) is 0 Å². The van der Waals surface area contributed by atoms with Crippen LogP contribution >= 0.6 is 0 Å². The second-order valence-electron chi connectivity index (χ2n) is 8.01. The highest BCUT2D eigenvalue weighted by molar-refractivity contribution is 7.90. The van der Waals surface area contributed by atoms with Crippen LogP contribution in [0, 0.1) is 0 Å². The Balaban J connectivity index is 1.68. The Morgan fingerprint density at radius 1 is 0.769 bits per heavy atom. The molecule has 18 heteroatoms. The van der Waals surface area contributed by atoms with Crippen molar-refractivity contribution in [2.75, 3.05) is 64.0 Å². The predicted octanol–water partition coefficient (Wildman–Crippen LogP) is -0.0693. The molecule has 0 aliphatic heterocycles. The Labute approximate surface area is 224 Å². The molecule has 2 heterocycles. The minimum Gasteiger partial charge on any atom is -0.408 e. The Hall–Kier alpha value is -3.29. The first-order valence-electron chi connectivity index (χ1n) is 11.4. The predicted molar refractivity (Wildman–Crippen MR) is 134 cm³/mol. The molecular weight excluding hydrogens is 560 g/mol. The molecule has 3 rings (SSSR count). The molecule has 16 nitrogen and oxygen atoms in total. The van der Waals surface area contributed by atoms with Gasteiger partial charge in [-0.1, -0.05) is 10.2 Å². The molecule has 0 saturated heterocycles. The summed E-state index contributed by atoms with van der Waals surface area (Å²) >= 11 is 0. The highest BCUT2D eigenvalue weighted by Crippen LogP contribution is 2.30. The highest BCUT2D eigenvalue weighted by atomic mass is 32.2. The van der Waals surface area contributed by atoms with Crippen molar-refractivity contribution in [3.8, 4) is 22.9 Å². The minimum absolute atomic E-state index is 0.0107. The third kappa shape index (κ3) is 9.44. The van der Waals surface area contributed by atoms with E-state index in [0.717, 1.165) is 12.5 Å². The van der Waals surface area contributed by atoms with Crippen LogP contribution in [0.5, 0.6) is 0 Å². The molecular formula is C21H28N6O10S2. The van der Waals surface area contributed by atoms with Crippen molar-refractivity contribution in [2.45, 2.75) is 16.9 Å². The van der Waals surface area contributed by atoms with E-state index in [9.17, 15) is 21.6 Å². The normalized spacial score (nSPS) is 12.1. The number of hydrogen-bond acceptors (Lipinski definition) is 15. The van der Waals surface area contributed by atoms with E-state index in [0.29, 0.717) is 33.0 Å². The van der Waals surface area contributed by atoms with Crippen LogP contribution in [-0.2, 0) is 38.7 Å². The number of ether oxygens (including phenoxy) is 3. The standard InChI is InChI=1S/C21H28N6O10S2/c1-38(29,30)20-26-24-18(36-20)14-11-15(19-25-27-21(37-19)39(2,31)32)13-16(12-14)23-17(28)3-5-33-7-9-35-10-8-34-6-4-22/h11-13H,3-10,22H2,1-2H3,(H,23,28). The van der Waals surface area contributed by atoms with Crippen molar-refractivity contribution in [3.05, 3.63) is 18.2 Å². The van der Waals surface area contributed by atoms with E-state index in [-0.39, 0.29) is 48.2 Å². The van der Waals surface area contributed by atoms with Gasteiger partial charge in [0.1, 0.15) is 0 Å². The number of hydrogen-bond donors (Lipinski definition) is 2. The number of carbonyl (C=O) groups is 1. The van der Waals surface area contributed by atoms with E-state index < -0.39 is 36.0 Å². The molecule has 0 atom stereocenters. The third-order valence-corrected chi connectivity index (χ3v) is 6.24. The first-order valence-corrected chi connectivity index (χ1v) is 15.2. The summed E-state index contributed by atoms with van der Waals surface area (Å²) in [6.07, 6.45) is 1.82. The lowest BCUT2D eigenvalue weighted by molar-refractivity contribution is -0.117. The van der Waals surface area contributed by atoms with Crippen molar-refractivity contribution in [3.63, 3.8) is 0 Å². The molecule has 2 aromatic heterocycles. The lowest BCUT2D eigenvalue weighted by atomic mass is 10.1. The number of nitrogens with zero attached hydrogens (tertiary/aromatic N) is 4. The first kappa shape index (κ1) is 30.3. The summed E-state index contributed by atoms with van der Waals surface area (Å²) < 4.78 is 73.4. The third-order valence-electron chi connectivity index (χ3n) is 4.64. The second kappa shape index (κ2) is 13.7. The summed E-state index contributed by atoms with van der Waals surface area (Å²) in [7, 11) is -7.54. The molecule has 3 aromatic rings. The number of benzene rings is 1. The van der Waals surface area contributed by atoms with Crippen LogP contribution in [0.2, 0.25) is 0 Å². The number of aromatic nitrogens is 4. The quantitative estimate of drug-likeness (QED) is 0.209. The molecule has 3 N–H and O–H groups in total. The molecule has 0 bridgehead atoms. The van der Waals surface area contributed by atoms with Crippen LogP contribution in [0.3, 0.4) is 0 Å². The topological polar surface area (TPSA) is 229 Å². The smallest absolute Gasteiger partial charge is 0.335 e. The molecule has 1 amide bonds. The lowest BCUT2D eigenvalue weighted by Gasteiger charge is -2.09. The van der Waals surface area contributed by atoms with Gasteiger partial charge in [-0.25, -0.2) is 16.8 Å². The van der Waals surface area contributed by atoms with Crippen molar-refractivity contribution in [1.82, 2.24) is 20.4 Å². The van der Waals surface area contributed by atoms with Crippen LogP contribution < -0.4 is 11.1 Å². The van der Waals surface area contributed by atoms with Gasteiger partial charge >= 0.3 is 10.4 Å². The van der Waals surface area contributed by atoms with Gasteiger partial charge in [-0.3, -0.25) is 4.79 Å². The van der Waals surface area contributed by atoms with Crippen LogP contribution in [0.4, 0.5) is 5.69 Å². The highest BCUT2D eigenvalue weighted by Gasteiger charge is 2.21. The van der Waals surface area contributed by atoms with Gasteiger partial charge in [-0.15, -0.1) is 10.2 Å². The molecule has 0 spiro atoms. The lowest BCUT2D eigenvalue weighted by Crippen LogP contribution is -2.16. The fraction of sp³-hybridized carbons (Fsp3) is 0.476. The van der Waals surface area contributed by atoms with Gasteiger partial charge in [0.05, 0.1) is 46.1 Å². The minimum atomic E-state index is -3.77. The summed E-state index contributed by atoms with van der Waals surface area (Å²) in [5.74, 6) is -0.751. The summed E-state index contributed by atoms with van der Waals surface area (Å²) in [5.41, 5.74) is 5.95. The van der Waals surface area contributed by atoms with Crippen LogP contribution in [0.1, 0.15) is 6.42 Å². The van der Waals surface area contributed by atoms with E-state index in [1.54, 1.807) is 0 Å². The molecule has 0 saturated carbocycles. The number of nitrogens with two attached hydrogens (primary N) is 1. The fourth-order valence-corrected chi connectivity index (χ4v) is 3.75. The maximum Gasteiger partial charge on any atom is 0.335 e. The average molecular weight is 589 g/mol. The summed E-state index contributed by atoms with van der Waals surface area (Å²) in [4.78, 5) is 12.5.